The molecule has 0 aliphatic heterocycles. The third kappa shape index (κ3) is 2.01. The number of hydrogen-bond acceptors (Lipinski definition) is 4. The van der Waals surface area contributed by atoms with E-state index in [0.29, 0.717) is 11.9 Å². The summed E-state index contributed by atoms with van der Waals surface area (Å²) in [6.07, 6.45) is 3.66. The van der Waals surface area contributed by atoms with Gasteiger partial charge in [-0.25, -0.2) is 14.3 Å². The lowest BCUT2D eigenvalue weighted by Gasteiger charge is -2.15. The molecular formula is C12H15N3O3. The van der Waals surface area contributed by atoms with Gasteiger partial charge in [-0.15, -0.1) is 0 Å². The predicted octanol–water partition coefficient (Wildman–Crippen LogP) is 1.01. The Morgan fingerprint density at radius 1 is 1.50 bits per heavy atom. The summed E-state index contributed by atoms with van der Waals surface area (Å²) in [5.74, 6) is -0.430. The summed E-state index contributed by atoms with van der Waals surface area (Å²) in [5.41, 5.74) is 0.368. The van der Waals surface area contributed by atoms with Gasteiger partial charge in [-0.2, -0.15) is 5.10 Å². The lowest BCUT2D eigenvalue weighted by atomic mass is 10.2. The molecule has 2 rings (SSSR count). The minimum atomic E-state index is -0.677. The van der Waals surface area contributed by atoms with Crippen LogP contribution in [0.3, 0.4) is 0 Å². The molecule has 18 heavy (non-hydrogen) atoms. The Kier molecular flexibility index (Phi) is 3.45. The molecule has 0 unspecified atom stereocenters. The zero-order chi connectivity index (χ0) is 13.1. The standard InChI is InChI=1S/C12H15N3O3/c1-3-10(11(16)18-4-2)15-12(17)14-7-5-6-9(14)8-13-15/h5-8,10H,3-4H2,1-2H3/t10-/m1/s1. The van der Waals surface area contributed by atoms with Crippen LogP contribution in [0.4, 0.5) is 0 Å². The van der Waals surface area contributed by atoms with Crippen molar-refractivity contribution >= 4 is 11.5 Å². The van der Waals surface area contributed by atoms with Crippen molar-refractivity contribution in [3.05, 3.63) is 35.0 Å². The van der Waals surface area contributed by atoms with Crippen LogP contribution in [-0.2, 0) is 9.53 Å². The number of hydrogen-bond donors (Lipinski definition) is 0. The predicted molar refractivity (Wildman–Crippen MR) is 65.4 cm³/mol. The van der Waals surface area contributed by atoms with Crippen molar-refractivity contribution in [2.75, 3.05) is 6.61 Å². The van der Waals surface area contributed by atoms with Crippen LogP contribution in [0.5, 0.6) is 0 Å². The lowest BCUT2D eigenvalue weighted by Crippen LogP contribution is -2.35. The summed E-state index contributed by atoms with van der Waals surface area (Å²) in [6.45, 7) is 3.83. The molecule has 0 aliphatic carbocycles. The third-order valence-corrected chi connectivity index (χ3v) is 2.74. The second-order valence-corrected chi connectivity index (χ2v) is 3.85. The first-order valence-electron chi connectivity index (χ1n) is 5.90. The van der Waals surface area contributed by atoms with Gasteiger partial charge in [0.05, 0.1) is 18.3 Å². The Balaban J connectivity index is 2.48. The van der Waals surface area contributed by atoms with Crippen molar-refractivity contribution in [1.29, 1.82) is 0 Å². The molecule has 0 N–H and O–H groups in total. The van der Waals surface area contributed by atoms with Crippen molar-refractivity contribution in [3.63, 3.8) is 0 Å². The van der Waals surface area contributed by atoms with Gasteiger partial charge in [0.25, 0.3) is 0 Å². The average Bonchev–Trinajstić information content (AvgIpc) is 2.82. The Bertz CT molecular complexity index is 614. The van der Waals surface area contributed by atoms with Crippen LogP contribution in [0.2, 0.25) is 0 Å². The van der Waals surface area contributed by atoms with E-state index in [-0.39, 0.29) is 12.3 Å². The zero-order valence-electron chi connectivity index (χ0n) is 10.4. The molecule has 96 valence electrons. The molecule has 2 aromatic rings. The Hall–Kier alpha value is -2.11. The van der Waals surface area contributed by atoms with Gasteiger partial charge < -0.3 is 4.74 Å². The summed E-state index contributed by atoms with van der Waals surface area (Å²) in [6, 6.07) is 2.86. The smallest absolute Gasteiger partial charge is 0.349 e. The van der Waals surface area contributed by atoms with Crippen molar-refractivity contribution < 1.29 is 9.53 Å². The number of aromatic nitrogens is 3. The van der Waals surface area contributed by atoms with E-state index in [1.54, 1.807) is 31.5 Å². The fraction of sp³-hybridized carbons (Fsp3) is 0.417. The van der Waals surface area contributed by atoms with Crippen LogP contribution in [-0.4, -0.2) is 26.8 Å². The van der Waals surface area contributed by atoms with Gasteiger partial charge in [-0.3, -0.25) is 4.40 Å². The minimum Gasteiger partial charge on any atom is -0.464 e. The third-order valence-electron chi connectivity index (χ3n) is 2.74. The summed E-state index contributed by atoms with van der Waals surface area (Å²) in [7, 11) is 0. The first kappa shape index (κ1) is 12.3. The normalized spacial score (nSPS) is 12.6. The number of carbonyl (C=O) groups is 1. The number of carbonyl (C=O) groups excluding carboxylic acids is 1. The topological polar surface area (TPSA) is 65.6 Å². The minimum absolute atomic E-state index is 0.288. The molecule has 6 nitrogen and oxygen atoms in total. The van der Waals surface area contributed by atoms with Crippen molar-refractivity contribution in [2.24, 2.45) is 0 Å². The van der Waals surface area contributed by atoms with Crippen LogP contribution in [0.15, 0.2) is 29.3 Å². The monoisotopic (exact) mass is 249 g/mol. The molecule has 6 heteroatoms. The van der Waals surface area contributed by atoms with Crippen LogP contribution in [0, 0.1) is 0 Å². The van der Waals surface area contributed by atoms with E-state index in [9.17, 15) is 9.59 Å². The number of nitrogens with zero attached hydrogens (tertiary/aromatic N) is 3. The molecule has 0 radical (unpaired) electrons. The SMILES string of the molecule is CCOC(=O)[C@@H](CC)n1ncc2cccn2c1=O. The highest BCUT2D eigenvalue weighted by Crippen LogP contribution is 2.10. The van der Waals surface area contributed by atoms with Gasteiger partial charge in [-0.05, 0) is 25.5 Å². The summed E-state index contributed by atoms with van der Waals surface area (Å²) in [4.78, 5) is 23.9. The van der Waals surface area contributed by atoms with E-state index in [4.69, 9.17) is 4.74 Å². The number of esters is 1. The lowest BCUT2D eigenvalue weighted by molar-refractivity contribution is -0.147. The Labute approximate surface area is 104 Å². The highest BCUT2D eigenvalue weighted by Gasteiger charge is 2.22. The maximum Gasteiger partial charge on any atom is 0.349 e. The van der Waals surface area contributed by atoms with Crippen LogP contribution >= 0.6 is 0 Å². The summed E-state index contributed by atoms with van der Waals surface area (Å²) in [5, 5.41) is 4.04. The second-order valence-electron chi connectivity index (χ2n) is 3.85. The molecule has 0 fully saturated rings. The maximum absolute atomic E-state index is 12.2. The van der Waals surface area contributed by atoms with Crippen molar-refractivity contribution in [3.8, 4) is 0 Å². The summed E-state index contributed by atoms with van der Waals surface area (Å²) < 4.78 is 7.57. The van der Waals surface area contributed by atoms with E-state index in [2.05, 4.69) is 5.10 Å². The molecule has 0 amide bonds. The molecule has 2 heterocycles. The van der Waals surface area contributed by atoms with E-state index in [1.165, 1.54) is 9.08 Å². The van der Waals surface area contributed by atoms with E-state index in [0.717, 1.165) is 0 Å². The maximum atomic E-state index is 12.2. The molecular weight excluding hydrogens is 234 g/mol. The molecule has 0 spiro atoms. The Morgan fingerprint density at radius 3 is 2.94 bits per heavy atom. The molecule has 0 bridgehead atoms. The van der Waals surface area contributed by atoms with Gasteiger partial charge in [0.1, 0.15) is 0 Å². The van der Waals surface area contributed by atoms with Gasteiger partial charge in [0.15, 0.2) is 6.04 Å². The number of ether oxygens (including phenoxy) is 1. The Morgan fingerprint density at radius 2 is 2.28 bits per heavy atom. The fourth-order valence-electron chi connectivity index (χ4n) is 1.85. The summed E-state index contributed by atoms with van der Waals surface area (Å²) >= 11 is 0. The number of fused-ring (bicyclic) bond motifs is 1. The van der Waals surface area contributed by atoms with E-state index in [1.807, 2.05) is 6.92 Å². The molecule has 0 saturated heterocycles. The van der Waals surface area contributed by atoms with Crippen LogP contribution < -0.4 is 5.69 Å². The van der Waals surface area contributed by atoms with E-state index < -0.39 is 12.0 Å². The largest absolute Gasteiger partial charge is 0.464 e. The molecule has 0 saturated carbocycles. The van der Waals surface area contributed by atoms with Gasteiger partial charge >= 0.3 is 11.7 Å². The zero-order valence-corrected chi connectivity index (χ0v) is 10.4. The van der Waals surface area contributed by atoms with Gasteiger partial charge in [0.2, 0.25) is 0 Å². The van der Waals surface area contributed by atoms with Crippen molar-refractivity contribution in [2.45, 2.75) is 26.3 Å². The first-order valence-corrected chi connectivity index (χ1v) is 5.90. The first-order chi connectivity index (χ1) is 8.69. The number of rotatable bonds is 4. The van der Waals surface area contributed by atoms with Crippen LogP contribution in [0.1, 0.15) is 26.3 Å². The average molecular weight is 249 g/mol. The quantitative estimate of drug-likeness (QED) is 0.758. The molecule has 1 atom stereocenters. The fourth-order valence-corrected chi connectivity index (χ4v) is 1.85. The molecule has 0 aliphatic rings. The van der Waals surface area contributed by atoms with Gasteiger partial charge in [-0.1, -0.05) is 6.92 Å². The molecule has 2 aromatic heterocycles. The van der Waals surface area contributed by atoms with Crippen LogP contribution in [0.25, 0.3) is 5.52 Å². The molecule has 0 aromatic carbocycles. The highest BCUT2D eigenvalue weighted by molar-refractivity contribution is 5.73. The van der Waals surface area contributed by atoms with Gasteiger partial charge in [0, 0.05) is 6.20 Å². The van der Waals surface area contributed by atoms with Crippen molar-refractivity contribution in [1.82, 2.24) is 14.2 Å². The van der Waals surface area contributed by atoms with E-state index >= 15 is 0 Å². The second kappa shape index (κ2) is 5.03. The highest BCUT2D eigenvalue weighted by atomic mass is 16.5.